The molecule has 4 N–H and O–H groups in total. The van der Waals surface area contributed by atoms with Gasteiger partial charge in [0.15, 0.2) is 0 Å². The molecule has 1 aromatic rings. The van der Waals surface area contributed by atoms with Gasteiger partial charge in [0, 0.05) is 24.9 Å². The Balaban J connectivity index is 3.09. The summed E-state index contributed by atoms with van der Waals surface area (Å²) in [5.74, 6) is -1.59. The summed E-state index contributed by atoms with van der Waals surface area (Å²) in [6, 6.07) is 6.90. The number of nitrogen functional groups attached to an aromatic ring is 1. The van der Waals surface area contributed by atoms with Crippen molar-refractivity contribution in [1.82, 2.24) is 0 Å². The first-order valence-electron chi connectivity index (χ1n) is 5.57. The molecule has 1 rings (SSSR count). The Morgan fingerprint density at radius 2 is 2.18 bits per heavy atom. The van der Waals surface area contributed by atoms with Gasteiger partial charge in [-0.25, -0.2) is 0 Å². The first kappa shape index (κ1) is 13.8. The van der Waals surface area contributed by atoms with Crippen molar-refractivity contribution < 1.29 is 14.9 Å². The molecule has 0 aromatic heterocycles. The average molecular weight is 240 g/mol. The highest BCUT2D eigenvalue weighted by Gasteiger charge is 2.33. The minimum atomic E-state index is -1.59. The van der Waals surface area contributed by atoms with Gasteiger partial charge >= 0.3 is 0 Å². The van der Waals surface area contributed by atoms with E-state index in [9.17, 15) is 10.2 Å². The van der Waals surface area contributed by atoms with Crippen molar-refractivity contribution in [2.75, 3.05) is 17.2 Å². The molecule has 0 bridgehead atoms. The number of rotatable bonds is 5. The predicted octanol–water partition coefficient (Wildman–Crippen LogP) is 1.12. The number of nitrogens with two attached hydrogens (primary N) is 1. The van der Waals surface area contributed by atoms with Crippen LogP contribution < -0.4 is 10.6 Å². The van der Waals surface area contributed by atoms with Crippen LogP contribution in [0.15, 0.2) is 24.3 Å². The third kappa shape index (κ3) is 3.33. The Labute approximate surface area is 101 Å². The van der Waals surface area contributed by atoms with Crippen molar-refractivity contribution in [3.05, 3.63) is 24.3 Å². The van der Waals surface area contributed by atoms with E-state index in [2.05, 4.69) is 0 Å². The number of nitrogens with zero attached hydrogens (tertiary/aromatic N) is 1. The molecule has 2 atom stereocenters. The second-order valence-corrected chi connectivity index (χ2v) is 3.96. The molecule has 0 aliphatic rings. The molecule has 5 heteroatoms. The van der Waals surface area contributed by atoms with E-state index in [-0.39, 0.29) is 0 Å². The molecule has 1 aromatic carbocycles. The molecule has 96 valence electrons. The Bertz CT molecular complexity index is 367. The van der Waals surface area contributed by atoms with E-state index in [0.717, 1.165) is 0 Å². The zero-order chi connectivity index (χ0) is 13.1. The van der Waals surface area contributed by atoms with E-state index in [1.807, 2.05) is 0 Å². The Morgan fingerprint density at radius 3 is 2.65 bits per heavy atom. The fourth-order valence-electron chi connectivity index (χ4n) is 1.82. The van der Waals surface area contributed by atoms with Gasteiger partial charge in [0.05, 0.1) is 0 Å². The maximum absolute atomic E-state index is 10.2. The predicted molar refractivity (Wildman–Crippen MR) is 67.3 cm³/mol. The third-order valence-electron chi connectivity index (χ3n) is 2.39. The first-order valence-corrected chi connectivity index (χ1v) is 5.57. The van der Waals surface area contributed by atoms with Crippen molar-refractivity contribution in [2.45, 2.75) is 32.9 Å². The van der Waals surface area contributed by atoms with Crippen LogP contribution >= 0.6 is 0 Å². The van der Waals surface area contributed by atoms with E-state index in [0.29, 0.717) is 18.0 Å². The third-order valence-corrected chi connectivity index (χ3v) is 2.39. The molecule has 0 saturated heterocycles. The standard InChI is InChI=1S/C12H20N2O3/c1-4-17-12(3,16)14(9(2)15)11-7-5-6-10(13)8-11/h5-9,15-16H,4,13H2,1-3H3. The smallest absolute Gasteiger partial charge is 0.248 e. The minimum Gasteiger partial charge on any atom is -0.399 e. The number of aliphatic hydroxyl groups is 2. The number of hydrogen-bond acceptors (Lipinski definition) is 5. The topological polar surface area (TPSA) is 79.0 Å². The molecular formula is C12H20N2O3. The molecule has 0 spiro atoms. The molecule has 0 saturated carbocycles. The van der Waals surface area contributed by atoms with Gasteiger partial charge in [-0.1, -0.05) is 6.07 Å². The van der Waals surface area contributed by atoms with Crippen molar-refractivity contribution in [3.8, 4) is 0 Å². The van der Waals surface area contributed by atoms with E-state index in [4.69, 9.17) is 10.5 Å². The zero-order valence-corrected chi connectivity index (χ0v) is 10.4. The Kier molecular flexibility index (Phi) is 4.34. The lowest BCUT2D eigenvalue weighted by atomic mass is 10.2. The van der Waals surface area contributed by atoms with Crippen LogP contribution in [0.25, 0.3) is 0 Å². The molecule has 0 aliphatic carbocycles. The molecule has 0 aliphatic heterocycles. The Hall–Kier alpha value is -1.30. The van der Waals surface area contributed by atoms with Crippen molar-refractivity contribution in [3.63, 3.8) is 0 Å². The monoisotopic (exact) mass is 240 g/mol. The van der Waals surface area contributed by atoms with E-state index < -0.39 is 12.1 Å². The minimum absolute atomic E-state index is 0.332. The van der Waals surface area contributed by atoms with Gasteiger partial charge < -0.3 is 20.7 Å². The molecule has 17 heavy (non-hydrogen) atoms. The quantitative estimate of drug-likeness (QED) is 0.531. The highest BCUT2D eigenvalue weighted by Crippen LogP contribution is 2.26. The van der Waals surface area contributed by atoms with Gasteiger partial charge in [-0.15, -0.1) is 0 Å². The summed E-state index contributed by atoms with van der Waals surface area (Å²) < 4.78 is 5.23. The van der Waals surface area contributed by atoms with Crippen molar-refractivity contribution in [1.29, 1.82) is 0 Å². The molecule has 0 heterocycles. The maximum atomic E-state index is 10.2. The summed E-state index contributed by atoms with van der Waals surface area (Å²) in [7, 11) is 0. The van der Waals surface area contributed by atoms with Crippen LogP contribution in [-0.2, 0) is 4.74 Å². The van der Waals surface area contributed by atoms with Gasteiger partial charge in [0.1, 0.15) is 6.23 Å². The second-order valence-electron chi connectivity index (χ2n) is 3.96. The number of benzene rings is 1. The summed E-state index contributed by atoms with van der Waals surface area (Å²) in [6.07, 6.45) is -0.904. The van der Waals surface area contributed by atoms with Crippen LogP contribution in [0.2, 0.25) is 0 Å². The normalized spacial score (nSPS) is 16.3. The van der Waals surface area contributed by atoms with Crippen LogP contribution in [0.4, 0.5) is 11.4 Å². The SMILES string of the molecule is CCOC(C)(O)N(c1cccc(N)c1)C(C)O. The molecule has 0 fully saturated rings. The first-order chi connectivity index (χ1) is 7.88. The van der Waals surface area contributed by atoms with Gasteiger partial charge in [-0.05, 0) is 32.0 Å². The second kappa shape index (κ2) is 5.35. The van der Waals surface area contributed by atoms with E-state index >= 15 is 0 Å². The summed E-state index contributed by atoms with van der Waals surface area (Å²) in [4.78, 5) is 1.35. The zero-order valence-electron chi connectivity index (χ0n) is 10.4. The van der Waals surface area contributed by atoms with E-state index in [1.54, 1.807) is 38.1 Å². The molecular weight excluding hydrogens is 220 g/mol. The lowest BCUT2D eigenvalue weighted by molar-refractivity contribution is -0.198. The molecule has 2 unspecified atom stereocenters. The summed E-state index contributed by atoms with van der Waals surface area (Å²) in [5.41, 5.74) is 6.83. The Morgan fingerprint density at radius 1 is 1.53 bits per heavy atom. The largest absolute Gasteiger partial charge is 0.399 e. The molecule has 5 nitrogen and oxygen atoms in total. The van der Waals surface area contributed by atoms with Crippen LogP contribution in [0.3, 0.4) is 0 Å². The van der Waals surface area contributed by atoms with Gasteiger partial charge in [-0.2, -0.15) is 0 Å². The lowest BCUT2D eigenvalue weighted by Crippen LogP contribution is -2.53. The average Bonchev–Trinajstić information content (AvgIpc) is 2.15. The number of aliphatic hydroxyl groups excluding tert-OH is 1. The molecule has 0 amide bonds. The van der Waals surface area contributed by atoms with Gasteiger partial charge in [0.25, 0.3) is 0 Å². The highest BCUT2D eigenvalue weighted by molar-refractivity contribution is 5.56. The van der Waals surface area contributed by atoms with Crippen LogP contribution in [0.1, 0.15) is 20.8 Å². The summed E-state index contributed by atoms with van der Waals surface area (Å²) in [6.45, 7) is 5.13. The fourth-order valence-corrected chi connectivity index (χ4v) is 1.82. The summed E-state index contributed by atoms with van der Waals surface area (Å²) in [5, 5.41) is 20.0. The lowest BCUT2D eigenvalue weighted by Gasteiger charge is -2.39. The fraction of sp³-hybridized carbons (Fsp3) is 0.500. The number of hydrogen-bond donors (Lipinski definition) is 3. The van der Waals surface area contributed by atoms with Crippen molar-refractivity contribution in [2.24, 2.45) is 0 Å². The summed E-state index contributed by atoms with van der Waals surface area (Å²) >= 11 is 0. The van der Waals surface area contributed by atoms with Crippen LogP contribution in [0.5, 0.6) is 0 Å². The van der Waals surface area contributed by atoms with Gasteiger partial charge in [-0.3, -0.25) is 4.90 Å². The number of anilines is 2. The van der Waals surface area contributed by atoms with E-state index in [1.165, 1.54) is 11.8 Å². The van der Waals surface area contributed by atoms with Crippen molar-refractivity contribution >= 4 is 11.4 Å². The maximum Gasteiger partial charge on any atom is 0.248 e. The number of ether oxygens (including phenoxy) is 1. The van der Waals surface area contributed by atoms with Crippen LogP contribution in [0, 0.1) is 0 Å². The van der Waals surface area contributed by atoms with Crippen LogP contribution in [-0.4, -0.2) is 29.0 Å². The molecule has 0 radical (unpaired) electrons. The van der Waals surface area contributed by atoms with Gasteiger partial charge in [0.2, 0.25) is 5.91 Å². The highest BCUT2D eigenvalue weighted by atomic mass is 16.6.